The predicted molar refractivity (Wildman–Crippen MR) is 249 cm³/mol. The van der Waals surface area contributed by atoms with Crippen molar-refractivity contribution in [2.75, 3.05) is 21.5 Å². The SMILES string of the molecule is CCCCCCN1c2ccc(-c3ccc(/C=C4\C(=O)N(c5ccccc5)N=C4C(=O)O)s3)cc2Sc2cc(-c3ccc(/C=C4\C(=O)N(c5ccccc5)N=C4C(=O)O)s3)ccc21. The highest BCUT2D eigenvalue weighted by molar-refractivity contribution is 7.99. The summed E-state index contributed by atoms with van der Waals surface area (Å²) in [6.07, 6.45) is 7.68. The third-order valence-corrected chi connectivity index (χ3v) is 13.8. The largest absolute Gasteiger partial charge is 0.476 e. The number of amides is 2. The standard InChI is InChI=1S/C48H37N5O6S3/c1-2-3-4-11-24-51-37-20-16-29(39-22-18-33(60-39)27-35-43(47(56)57)49-52(45(35)54)31-12-7-5-8-13-31)25-41(37)62-42-26-30(17-21-38(42)51)40-23-19-34(61-40)28-36-44(48(58)59)50-53(46(36)55)32-14-9-6-10-15-32/h5-10,12-23,25-28H,2-4,11,24H2,1H3,(H,56,57)(H,58,59)/b35-27-,36-28-. The lowest BCUT2D eigenvalue weighted by Crippen LogP contribution is -2.22. The van der Waals surface area contributed by atoms with Gasteiger partial charge in [0.25, 0.3) is 11.8 Å². The topological polar surface area (TPSA) is 143 Å². The molecule has 11 nitrogen and oxygen atoms in total. The number of carboxylic acid groups (broad SMARTS) is 2. The molecule has 308 valence electrons. The van der Waals surface area contributed by atoms with Gasteiger partial charge >= 0.3 is 11.9 Å². The normalized spacial score (nSPS) is 15.9. The van der Waals surface area contributed by atoms with E-state index in [4.69, 9.17) is 0 Å². The van der Waals surface area contributed by atoms with E-state index in [1.807, 2.05) is 36.4 Å². The maximum Gasteiger partial charge on any atom is 0.357 e. The van der Waals surface area contributed by atoms with Crippen molar-refractivity contribution >= 4 is 105 Å². The predicted octanol–water partition coefficient (Wildman–Crippen LogP) is 11.1. The number of benzene rings is 4. The summed E-state index contributed by atoms with van der Waals surface area (Å²) < 4.78 is 0. The van der Waals surface area contributed by atoms with E-state index >= 15 is 0 Å². The van der Waals surface area contributed by atoms with Gasteiger partial charge in [-0.25, -0.2) is 9.59 Å². The molecule has 5 heterocycles. The first-order chi connectivity index (χ1) is 30.2. The Kier molecular flexibility index (Phi) is 11.3. The maximum absolute atomic E-state index is 13.4. The molecule has 3 aliphatic heterocycles. The van der Waals surface area contributed by atoms with Crippen LogP contribution in [-0.4, -0.2) is 51.9 Å². The molecule has 6 aromatic rings. The number of hydrazone groups is 2. The van der Waals surface area contributed by atoms with E-state index < -0.39 is 23.8 Å². The number of nitrogens with zero attached hydrogens (tertiary/aromatic N) is 5. The summed E-state index contributed by atoms with van der Waals surface area (Å²) in [5.41, 5.74) is 4.68. The fraction of sp³-hybridized carbons (Fsp3) is 0.125. The van der Waals surface area contributed by atoms with E-state index in [0.29, 0.717) is 11.4 Å². The molecular formula is C48H37N5O6S3. The van der Waals surface area contributed by atoms with E-state index in [0.717, 1.165) is 87.6 Å². The summed E-state index contributed by atoms with van der Waals surface area (Å²) in [5.74, 6) is -3.54. The third kappa shape index (κ3) is 7.91. The Morgan fingerprint density at radius 3 is 1.50 bits per heavy atom. The fourth-order valence-corrected chi connectivity index (χ4v) is 10.5. The minimum Gasteiger partial charge on any atom is -0.476 e. The molecule has 2 amide bonds. The quantitative estimate of drug-likeness (QED) is 0.0862. The molecule has 62 heavy (non-hydrogen) atoms. The number of hydrogen-bond acceptors (Lipinski definition) is 10. The third-order valence-electron chi connectivity index (χ3n) is 10.5. The van der Waals surface area contributed by atoms with Crippen LogP contribution < -0.4 is 14.9 Å². The van der Waals surface area contributed by atoms with Gasteiger partial charge in [-0.2, -0.15) is 20.2 Å². The highest BCUT2D eigenvalue weighted by Crippen LogP contribution is 2.51. The molecule has 0 atom stereocenters. The summed E-state index contributed by atoms with van der Waals surface area (Å²) in [4.78, 5) is 59.2. The van der Waals surface area contributed by atoms with Gasteiger partial charge in [-0.15, -0.1) is 22.7 Å². The molecule has 0 unspecified atom stereocenters. The van der Waals surface area contributed by atoms with Crippen molar-refractivity contribution in [3.63, 3.8) is 0 Å². The summed E-state index contributed by atoms with van der Waals surface area (Å²) in [6, 6.07) is 38.2. The lowest BCUT2D eigenvalue weighted by atomic mass is 10.1. The lowest BCUT2D eigenvalue weighted by Gasteiger charge is -2.33. The zero-order valence-electron chi connectivity index (χ0n) is 33.2. The monoisotopic (exact) mass is 875 g/mol. The van der Waals surface area contributed by atoms with Crippen LogP contribution in [-0.2, 0) is 19.2 Å². The number of carbonyl (C=O) groups excluding carboxylic acids is 2. The molecule has 3 aliphatic rings. The van der Waals surface area contributed by atoms with Gasteiger partial charge in [-0.05, 0) is 102 Å². The number of anilines is 4. The summed E-state index contributed by atoms with van der Waals surface area (Å²) in [5, 5.41) is 30.4. The number of carbonyl (C=O) groups is 4. The highest BCUT2D eigenvalue weighted by Gasteiger charge is 2.36. The van der Waals surface area contributed by atoms with Crippen LogP contribution in [0.1, 0.15) is 42.4 Å². The Hall–Kier alpha value is -6.87. The Labute approximate surface area is 369 Å². The van der Waals surface area contributed by atoms with Gasteiger partial charge in [-0.1, -0.05) is 86.5 Å². The van der Waals surface area contributed by atoms with E-state index in [1.165, 1.54) is 29.1 Å². The second kappa shape index (κ2) is 17.2. The van der Waals surface area contributed by atoms with E-state index in [2.05, 4.69) is 58.4 Å². The number of hydrogen-bond donors (Lipinski definition) is 2. The Morgan fingerprint density at radius 2 is 1.06 bits per heavy atom. The summed E-state index contributed by atoms with van der Waals surface area (Å²) >= 11 is 4.64. The first-order valence-corrected chi connectivity index (χ1v) is 22.4. The van der Waals surface area contributed by atoms with Gasteiger partial charge in [-0.3, -0.25) is 9.59 Å². The Bertz CT molecular complexity index is 2710. The molecule has 2 aromatic heterocycles. The van der Waals surface area contributed by atoms with Crippen molar-refractivity contribution in [1.82, 2.24) is 0 Å². The lowest BCUT2D eigenvalue weighted by molar-refractivity contribution is -0.130. The molecule has 0 fully saturated rings. The zero-order chi connectivity index (χ0) is 42.9. The van der Waals surface area contributed by atoms with Crippen molar-refractivity contribution in [2.45, 2.75) is 42.4 Å². The Morgan fingerprint density at radius 1 is 0.597 bits per heavy atom. The number of thiophene rings is 2. The molecule has 0 radical (unpaired) electrons. The Balaban J connectivity index is 0.995. The molecule has 2 N–H and O–H groups in total. The van der Waals surface area contributed by atoms with Crippen molar-refractivity contribution in [2.24, 2.45) is 10.2 Å². The molecule has 0 bridgehead atoms. The van der Waals surface area contributed by atoms with Crippen molar-refractivity contribution in [1.29, 1.82) is 0 Å². The van der Waals surface area contributed by atoms with Crippen LogP contribution >= 0.6 is 34.4 Å². The van der Waals surface area contributed by atoms with Gasteiger partial charge in [0.1, 0.15) is 0 Å². The summed E-state index contributed by atoms with van der Waals surface area (Å²) in [7, 11) is 0. The van der Waals surface area contributed by atoms with Crippen LogP contribution in [0.15, 0.2) is 152 Å². The average molecular weight is 876 g/mol. The van der Waals surface area contributed by atoms with Gasteiger partial charge in [0, 0.05) is 35.8 Å². The fourth-order valence-electron chi connectivity index (χ4n) is 7.48. The van der Waals surface area contributed by atoms with Crippen LogP contribution in [0.4, 0.5) is 22.7 Å². The van der Waals surface area contributed by atoms with Crippen LogP contribution in [0.2, 0.25) is 0 Å². The van der Waals surface area contributed by atoms with Gasteiger partial charge in [0.15, 0.2) is 11.4 Å². The molecule has 0 aliphatic carbocycles. The van der Waals surface area contributed by atoms with Gasteiger partial charge < -0.3 is 15.1 Å². The number of rotatable bonds is 13. The average Bonchev–Trinajstić information content (AvgIpc) is 4.09. The first-order valence-electron chi connectivity index (χ1n) is 20.0. The highest BCUT2D eigenvalue weighted by atomic mass is 32.2. The minimum atomic E-state index is -1.27. The molecule has 0 saturated heterocycles. The van der Waals surface area contributed by atoms with E-state index in [9.17, 15) is 29.4 Å². The van der Waals surface area contributed by atoms with Crippen molar-refractivity contribution in [3.05, 3.63) is 142 Å². The van der Waals surface area contributed by atoms with E-state index in [-0.39, 0.29) is 22.6 Å². The molecule has 0 saturated carbocycles. The van der Waals surface area contributed by atoms with Gasteiger partial charge in [0.2, 0.25) is 0 Å². The molecule has 0 spiro atoms. The second-order valence-corrected chi connectivity index (χ2v) is 17.9. The zero-order valence-corrected chi connectivity index (χ0v) is 35.7. The molecule has 14 heteroatoms. The van der Waals surface area contributed by atoms with Gasteiger partial charge in [0.05, 0.1) is 33.9 Å². The second-order valence-electron chi connectivity index (χ2n) is 14.6. The van der Waals surface area contributed by atoms with Crippen molar-refractivity contribution in [3.8, 4) is 20.9 Å². The number of unbranched alkanes of at least 4 members (excludes halogenated alkanes) is 3. The number of para-hydroxylation sites is 2. The molecular weight excluding hydrogens is 839 g/mol. The maximum atomic E-state index is 13.4. The minimum absolute atomic E-state index is 0.0250. The van der Waals surface area contributed by atoms with Crippen LogP contribution in [0.25, 0.3) is 33.0 Å². The number of fused-ring (bicyclic) bond motifs is 2. The molecule has 4 aromatic carbocycles. The van der Waals surface area contributed by atoms with Crippen molar-refractivity contribution < 1.29 is 29.4 Å². The smallest absolute Gasteiger partial charge is 0.357 e. The number of aliphatic carboxylic acids is 2. The number of carboxylic acids is 2. The first kappa shape index (κ1) is 40.5. The van der Waals surface area contributed by atoms with E-state index in [1.54, 1.807) is 72.4 Å². The van der Waals surface area contributed by atoms with Crippen LogP contribution in [0.3, 0.4) is 0 Å². The van der Waals surface area contributed by atoms with Crippen LogP contribution in [0.5, 0.6) is 0 Å². The molecule has 9 rings (SSSR count). The summed E-state index contributed by atoms with van der Waals surface area (Å²) in [6.45, 7) is 3.06. The van der Waals surface area contributed by atoms with Crippen LogP contribution in [0, 0.1) is 0 Å².